The van der Waals surface area contributed by atoms with Crippen LogP contribution in [0.15, 0.2) is 72.1 Å². The van der Waals surface area contributed by atoms with Crippen LogP contribution in [0.3, 0.4) is 0 Å². The van der Waals surface area contributed by atoms with Crippen LogP contribution in [0.5, 0.6) is 0 Å². The van der Waals surface area contributed by atoms with E-state index in [1.54, 1.807) is 0 Å². The number of para-hydroxylation sites is 1. The highest BCUT2D eigenvalue weighted by atomic mass is 32.2. The van der Waals surface area contributed by atoms with E-state index in [1.165, 1.54) is 34.6 Å². The standard InChI is InChI=1S/C21H23N3O6S/c1-2-17-18(12-8-14-22-21(25)30-15-16-9-4-3-5-10-16)23(17)31(28,29)20-13-7-6-11-19(20)24(26)27/h2-7,9-11,13,17-18H,1,8,12,14-15H2,(H,22,25)/t17-,18+,23?/m1/s1. The molecule has 2 aromatic carbocycles. The molecule has 1 fully saturated rings. The van der Waals surface area contributed by atoms with E-state index < -0.39 is 32.8 Å². The predicted octanol–water partition coefficient (Wildman–Crippen LogP) is 3.23. The molecule has 2 aromatic rings. The van der Waals surface area contributed by atoms with Gasteiger partial charge in [0.05, 0.1) is 11.0 Å². The fourth-order valence-corrected chi connectivity index (χ4v) is 5.35. The highest BCUT2D eigenvalue weighted by Gasteiger charge is 2.54. The second-order valence-electron chi connectivity index (χ2n) is 6.98. The number of nitrogens with zero attached hydrogens (tertiary/aromatic N) is 2. The van der Waals surface area contributed by atoms with Crippen molar-refractivity contribution in [2.45, 2.75) is 36.4 Å². The lowest BCUT2D eigenvalue weighted by Gasteiger charge is -2.08. The van der Waals surface area contributed by atoms with Gasteiger partial charge in [0.15, 0.2) is 4.90 Å². The second-order valence-corrected chi connectivity index (χ2v) is 8.80. The van der Waals surface area contributed by atoms with Crippen molar-refractivity contribution in [2.24, 2.45) is 0 Å². The molecule has 0 aliphatic carbocycles. The van der Waals surface area contributed by atoms with Gasteiger partial charge in [-0.3, -0.25) is 10.1 Å². The average Bonchev–Trinajstić information content (AvgIpc) is 3.50. The van der Waals surface area contributed by atoms with Crippen LogP contribution in [0, 0.1) is 10.1 Å². The minimum atomic E-state index is -4.04. The number of ether oxygens (including phenoxy) is 1. The van der Waals surface area contributed by atoms with Gasteiger partial charge in [-0.05, 0) is 24.5 Å². The summed E-state index contributed by atoms with van der Waals surface area (Å²) in [4.78, 5) is 22.0. The van der Waals surface area contributed by atoms with Gasteiger partial charge in [-0.2, -0.15) is 4.31 Å². The van der Waals surface area contributed by atoms with Gasteiger partial charge in [0, 0.05) is 18.7 Å². The van der Waals surface area contributed by atoms with Gasteiger partial charge in [0.2, 0.25) is 0 Å². The summed E-state index contributed by atoms with van der Waals surface area (Å²) in [6.07, 6.45) is 1.94. The monoisotopic (exact) mass is 445 g/mol. The van der Waals surface area contributed by atoms with E-state index in [-0.39, 0.29) is 17.5 Å². The fourth-order valence-electron chi connectivity index (χ4n) is 3.39. The normalized spacial score (nSPS) is 19.9. The Morgan fingerprint density at radius 3 is 2.55 bits per heavy atom. The van der Waals surface area contributed by atoms with E-state index in [2.05, 4.69) is 11.9 Å². The molecule has 3 rings (SSSR count). The van der Waals surface area contributed by atoms with E-state index in [9.17, 15) is 23.3 Å². The number of rotatable bonds is 10. The number of sulfonamides is 1. The van der Waals surface area contributed by atoms with Crippen molar-refractivity contribution in [3.63, 3.8) is 0 Å². The summed E-state index contributed by atoms with van der Waals surface area (Å²) in [6, 6.07) is 13.8. The third-order valence-electron chi connectivity index (χ3n) is 4.94. The Balaban J connectivity index is 1.51. The molecule has 1 aliphatic heterocycles. The minimum Gasteiger partial charge on any atom is -0.445 e. The molecule has 0 aromatic heterocycles. The molecule has 164 valence electrons. The maximum absolute atomic E-state index is 12.9. The molecule has 9 nitrogen and oxygen atoms in total. The van der Waals surface area contributed by atoms with Crippen molar-refractivity contribution in [1.29, 1.82) is 0 Å². The summed E-state index contributed by atoms with van der Waals surface area (Å²) >= 11 is 0. The maximum Gasteiger partial charge on any atom is 0.407 e. The molecule has 31 heavy (non-hydrogen) atoms. The zero-order chi connectivity index (χ0) is 22.4. The number of nitro benzene ring substituents is 1. The first-order chi connectivity index (χ1) is 14.9. The zero-order valence-corrected chi connectivity index (χ0v) is 17.5. The van der Waals surface area contributed by atoms with E-state index in [0.717, 1.165) is 5.56 Å². The molecule has 10 heteroatoms. The van der Waals surface area contributed by atoms with Gasteiger partial charge in [0.25, 0.3) is 15.7 Å². The van der Waals surface area contributed by atoms with Crippen LogP contribution in [-0.4, -0.2) is 42.4 Å². The summed E-state index contributed by atoms with van der Waals surface area (Å²) in [5.74, 6) is 0. The van der Waals surface area contributed by atoms with Crippen LogP contribution >= 0.6 is 0 Å². The average molecular weight is 445 g/mol. The van der Waals surface area contributed by atoms with Gasteiger partial charge < -0.3 is 10.1 Å². The number of amides is 1. The first-order valence-electron chi connectivity index (χ1n) is 9.70. The molecule has 1 heterocycles. The summed E-state index contributed by atoms with van der Waals surface area (Å²) in [7, 11) is -4.04. The fraction of sp³-hybridized carbons (Fsp3) is 0.286. The molecule has 0 saturated carbocycles. The SMILES string of the molecule is C=C[C@@H]1[C@H](CCCNC(=O)OCc2ccccc2)N1S(=O)(=O)c1ccccc1[N+](=O)[O-]. The molecule has 1 unspecified atom stereocenters. The Morgan fingerprint density at radius 2 is 1.87 bits per heavy atom. The third kappa shape index (κ3) is 5.28. The first kappa shape index (κ1) is 22.4. The van der Waals surface area contributed by atoms with Crippen molar-refractivity contribution in [3.05, 3.63) is 82.9 Å². The van der Waals surface area contributed by atoms with Crippen LogP contribution in [0.4, 0.5) is 10.5 Å². The first-order valence-corrected chi connectivity index (χ1v) is 11.1. The van der Waals surface area contributed by atoms with Crippen molar-refractivity contribution < 1.29 is 22.9 Å². The number of hydrogen-bond donors (Lipinski definition) is 1. The number of hydrogen-bond acceptors (Lipinski definition) is 6. The summed E-state index contributed by atoms with van der Waals surface area (Å²) in [6.45, 7) is 4.14. The Bertz CT molecular complexity index is 1060. The van der Waals surface area contributed by atoms with Crippen molar-refractivity contribution in [1.82, 2.24) is 9.62 Å². The van der Waals surface area contributed by atoms with Crippen LogP contribution in [0.25, 0.3) is 0 Å². The Kier molecular flexibility index (Phi) is 7.03. The topological polar surface area (TPSA) is 119 Å². The quantitative estimate of drug-likeness (QED) is 0.197. The largest absolute Gasteiger partial charge is 0.445 e. The highest BCUT2D eigenvalue weighted by molar-refractivity contribution is 7.89. The number of nitro groups is 1. The molecule has 0 bridgehead atoms. The summed E-state index contributed by atoms with van der Waals surface area (Å²) in [5, 5.41) is 13.8. The maximum atomic E-state index is 12.9. The van der Waals surface area contributed by atoms with Gasteiger partial charge in [-0.15, -0.1) is 6.58 Å². The van der Waals surface area contributed by atoms with Crippen LogP contribution in [0.1, 0.15) is 18.4 Å². The van der Waals surface area contributed by atoms with Crippen LogP contribution in [0.2, 0.25) is 0 Å². The molecule has 1 saturated heterocycles. The van der Waals surface area contributed by atoms with Gasteiger partial charge >= 0.3 is 6.09 Å². The molecule has 0 spiro atoms. The zero-order valence-electron chi connectivity index (χ0n) is 16.7. The van der Waals surface area contributed by atoms with Crippen molar-refractivity contribution >= 4 is 21.8 Å². The molecular weight excluding hydrogens is 422 g/mol. The number of alkyl carbamates (subject to hydrolysis) is 1. The smallest absolute Gasteiger partial charge is 0.407 e. The molecule has 1 amide bonds. The molecule has 1 aliphatic rings. The number of benzene rings is 2. The highest BCUT2D eigenvalue weighted by Crippen LogP contribution is 2.41. The molecule has 1 N–H and O–H groups in total. The number of carbonyl (C=O) groups is 1. The van der Waals surface area contributed by atoms with Gasteiger partial charge in [-0.1, -0.05) is 48.5 Å². The Hall–Kier alpha value is -3.24. The number of nitrogens with one attached hydrogen (secondary N) is 1. The van der Waals surface area contributed by atoms with E-state index >= 15 is 0 Å². The molecule has 0 radical (unpaired) electrons. The lowest BCUT2D eigenvalue weighted by Crippen LogP contribution is -2.25. The summed E-state index contributed by atoms with van der Waals surface area (Å²) < 4.78 is 32.2. The van der Waals surface area contributed by atoms with E-state index in [0.29, 0.717) is 19.4 Å². The predicted molar refractivity (Wildman–Crippen MR) is 114 cm³/mol. The van der Waals surface area contributed by atoms with Crippen molar-refractivity contribution in [2.75, 3.05) is 6.54 Å². The molecule has 3 atom stereocenters. The van der Waals surface area contributed by atoms with E-state index in [4.69, 9.17) is 4.74 Å². The van der Waals surface area contributed by atoms with Gasteiger partial charge in [-0.25, -0.2) is 13.2 Å². The third-order valence-corrected chi connectivity index (χ3v) is 6.91. The second kappa shape index (κ2) is 9.71. The van der Waals surface area contributed by atoms with Crippen molar-refractivity contribution in [3.8, 4) is 0 Å². The Labute approximate surface area is 180 Å². The van der Waals surface area contributed by atoms with Crippen LogP contribution < -0.4 is 5.32 Å². The lowest BCUT2D eigenvalue weighted by molar-refractivity contribution is -0.387. The Morgan fingerprint density at radius 1 is 1.19 bits per heavy atom. The number of carbonyl (C=O) groups excluding carboxylic acids is 1. The van der Waals surface area contributed by atoms with Gasteiger partial charge in [0.1, 0.15) is 6.61 Å². The van der Waals surface area contributed by atoms with Crippen LogP contribution in [-0.2, 0) is 21.4 Å². The molecular formula is C21H23N3O6S. The summed E-state index contributed by atoms with van der Waals surface area (Å²) in [5.41, 5.74) is 0.416. The minimum absolute atomic E-state index is 0.162. The van der Waals surface area contributed by atoms with E-state index in [1.807, 2.05) is 30.3 Å². The lowest BCUT2D eigenvalue weighted by atomic mass is 10.2.